The molecule has 3 aromatic heterocycles. The van der Waals surface area contributed by atoms with Gasteiger partial charge in [-0.15, -0.1) is 0 Å². The van der Waals surface area contributed by atoms with Crippen LogP contribution in [0.3, 0.4) is 0 Å². The van der Waals surface area contributed by atoms with Crippen molar-refractivity contribution in [3.05, 3.63) is 350 Å². The third-order valence-corrected chi connectivity index (χ3v) is 24.0. The molecule has 0 bridgehead atoms. The molecule has 3 aliphatic carbocycles. The van der Waals surface area contributed by atoms with E-state index in [0.29, 0.717) is 90.9 Å². The van der Waals surface area contributed by atoms with Crippen LogP contribution in [0.25, 0.3) is 33.4 Å². The number of benzene rings is 9. The predicted molar refractivity (Wildman–Crippen MR) is 544 cm³/mol. The number of alkyl halides is 9. The van der Waals surface area contributed by atoms with E-state index in [9.17, 15) is 86.3 Å². The van der Waals surface area contributed by atoms with E-state index < -0.39 is 437 Å². The summed E-state index contributed by atoms with van der Waals surface area (Å²) in [5.74, 6) is -11.1. The summed E-state index contributed by atoms with van der Waals surface area (Å²) < 4.78 is 608. The lowest BCUT2D eigenvalue weighted by atomic mass is 9.98. The summed E-state index contributed by atoms with van der Waals surface area (Å²) in [5, 5.41) is -2.01. The van der Waals surface area contributed by atoms with Crippen LogP contribution in [-0.2, 0) is 121 Å². The molecule has 2 unspecified atom stereocenters. The first-order valence-electron chi connectivity index (χ1n) is 69.0. The van der Waals surface area contributed by atoms with E-state index in [2.05, 4.69) is 15.0 Å². The van der Waals surface area contributed by atoms with Gasteiger partial charge in [0.1, 0.15) is 37.1 Å². The number of aromatic nitrogens is 6. The maximum Gasteiger partial charge on any atom is 0.416 e. The lowest BCUT2D eigenvalue weighted by Gasteiger charge is -2.33. The number of fused-ring (bicyclic) bond motifs is 3. The molecule has 12 aromatic rings. The first-order valence-corrected chi connectivity index (χ1v) is 46.0. The van der Waals surface area contributed by atoms with Crippen LogP contribution in [0, 0.1) is 30.3 Å². The van der Waals surface area contributed by atoms with E-state index in [-0.39, 0.29) is 81.9 Å². The smallest absolute Gasteiger partial charge is 0.336 e. The Morgan fingerprint density at radius 2 is 0.833 bits per heavy atom. The minimum absolute atomic E-state index is 0.0182. The van der Waals surface area contributed by atoms with Crippen molar-refractivity contribution in [3.8, 4) is 33.4 Å². The Bertz CT molecular complexity index is 9350. The summed E-state index contributed by atoms with van der Waals surface area (Å²) in [4.78, 5) is 99.6. The van der Waals surface area contributed by atoms with Crippen molar-refractivity contribution in [3.63, 3.8) is 0 Å². The molecule has 0 spiro atoms. The number of likely N-dealkylation sites (N-methyl/N-ethyl adjacent to an activating group) is 3. The predicted octanol–water partition coefficient (Wildman–Crippen LogP) is 22.8. The number of nitrogens with zero attached hydrogens (tertiary/aromatic N) is 12. The van der Waals surface area contributed by atoms with Gasteiger partial charge in [-0.25, -0.2) is 13.2 Å². The van der Waals surface area contributed by atoms with Gasteiger partial charge in [-0.05, 0) is 249 Å². The Balaban J connectivity index is 0.000000238. The first-order chi connectivity index (χ1) is 88.7. The monoisotopic (exact) mass is 2090 g/mol. The highest BCUT2D eigenvalue weighted by Crippen LogP contribution is 2.39. The van der Waals surface area contributed by atoms with Crippen molar-refractivity contribution in [1.82, 2.24) is 58.1 Å². The van der Waals surface area contributed by atoms with Gasteiger partial charge in [0.05, 0.1) is 63.8 Å². The highest BCUT2D eigenvalue weighted by Gasteiger charge is 2.36. The lowest BCUT2D eigenvalue weighted by molar-refractivity contribution is -0.138. The zero-order chi connectivity index (χ0) is 148. The number of carbonyl (C=O) groups is 3. The third kappa shape index (κ3) is 29.1. The molecular formula is C111H120F12N12O6S3. The number of halogens is 12. The van der Waals surface area contributed by atoms with Crippen molar-refractivity contribution in [2.24, 2.45) is 5.89 Å². The maximum absolute atomic E-state index is 15.1. The highest BCUT2D eigenvalue weighted by atomic mass is 32.2. The minimum atomic E-state index is -5.46. The number of carbonyl (C=O) groups excluding carboxylic acids is 3. The van der Waals surface area contributed by atoms with Crippen LogP contribution < -0.4 is 16.7 Å². The summed E-state index contributed by atoms with van der Waals surface area (Å²) in [5.41, 5.74) is -27.0. The fraction of sp³-hybridized carbons (Fsp3) is 0.378. The van der Waals surface area contributed by atoms with Crippen LogP contribution in [0.4, 0.5) is 52.7 Å². The number of amides is 3. The number of hydrogen-bond acceptors (Lipinski definition) is 15. The molecule has 9 aromatic carbocycles. The van der Waals surface area contributed by atoms with Gasteiger partial charge in [0, 0.05) is 132 Å². The first kappa shape index (κ1) is 59.7. The second-order valence-corrected chi connectivity index (χ2v) is 33.2. The van der Waals surface area contributed by atoms with Crippen molar-refractivity contribution in [2.75, 3.05) is 78.2 Å². The summed E-state index contributed by atoms with van der Waals surface area (Å²) in [7, 11) is 0. The lowest BCUT2D eigenvalue weighted by Crippen LogP contribution is -2.42. The van der Waals surface area contributed by atoms with E-state index in [1.807, 2.05) is 0 Å². The van der Waals surface area contributed by atoms with E-state index in [4.69, 9.17) is 60.3 Å². The molecular weight excluding hydrogens is 1920 g/mol. The second-order valence-electron chi connectivity index (χ2n) is 30.9. The van der Waals surface area contributed by atoms with E-state index in [0.717, 1.165) is 63.5 Å². The molecule has 18 nitrogen and oxygen atoms in total. The molecule has 3 heterocycles. The fourth-order valence-corrected chi connectivity index (χ4v) is 16.4. The van der Waals surface area contributed by atoms with Crippen LogP contribution >= 0.6 is 35.3 Å². The molecule has 762 valence electrons. The molecule has 0 saturated carbocycles. The molecule has 2 atom stereocenters. The summed E-state index contributed by atoms with van der Waals surface area (Å²) >= 11 is 0.186. The fourth-order valence-electron chi connectivity index (χ4n) is 14.2. The van der Waals surface area contributed by atoms with E-state index in [1.54, 1.807) is 13.8 Å². The van der Waals surface area contributed by atoms with Gasteiger partial charge in [0.2, 0.25) is 17.7 Å². The van der Waals surface area contributed by atoms with Crippen LogP contribution in [-0.4, -0.2) is 154 Å². The topological polar surface area (TPSA) is 175 Å². The molecule has 0 saturated heterocycles. The molecule has 0 aliphatic heterocycles. The van der Waals surface area contributed by atoms with Crippen LogP contribution in [0.15, 0.2) is 242 Å². The summed E-state index contributed by atoms with van der Waals surface area (Å²) in [6.45, 7) is -21.7. The van der Waals surface area contributed by atoms with Crippen molar-refractivity contribution < 1.29 is 137 Å². The van der Waals surface area contributed by atoms with Gasteiger partial charge in [-0.1, -0.05) is 229 Å². The van der Waals surface area contributed by atoms with Crippen molar-refractivity contribution in [2.45, 2.75) is 203 Å². The number of rotatable bonds is 39. The van der Waals surface area contributed by atoms with E-state index in [1.165, 1.54) is 64.9 Å². The van der Waals surface area contributed by atoms with Gasteiger partial charge >= 0.3 is 18.5 Å². The molecule has 33 heteroatoms. The van der Waals surface area contributed by atoms with Gasteiger partial charge in [-0.2, -0.15) is 54.5 Å². The van der Waals surface area contributed by atoms with Gasteiger partial charge in [0.15, 0.2) is 15.5 Å². The van der Waals surface area contributed by atoms with E-state index >= 15 is 4.79 Å². The molecule has 0 radical (unpaired) electrons. The Morgan fingerprint density at radius 1 is 0.438 bits per heavy atom. The zero-order valence-electron chi connectivity index (χ0n) is 129. The standard InChI is InChI=1S/3C37H40F4N4O2S/c1-4-43(5-2)18-19-44(22-26-6-10-28(11-7-26)29-12-14-30(15-13-29)37(39,40)41)34(46)23-45-33-21-25(3)20-32(33)35(47)42-36(45)48-24-27-8-16-31(38)17-9-27;1-4-43(5-2)21-22-44(25(3)27-11-13-28(14-12-27)29-15-17-30(18-16-29)37(39,40)41)34(46)23-45-33-8-6-7-32(33)35(47)42-36(45)48-24-26-9-19-31(38)20-10-26;1-4-43(5-2)19-20-44(22-26-9-13-28(14-10-26)29-15-18-32(25(3)21-29)37(39,40)41)34(46)23-45-33-8-6-7-31(33)35(47)42-36(45)48-24-27-11-16-30(38)17-12-27/h6-17,25H,4-5,18-24H2,1-3H3;9-20,25H,4-8,21-24H2,1-3H3;9-18,21H,4-8,19-20,22-24H2,1-3H3/i4D2,5D2,6D,7D,8D,9D,10D,11D,12D,13D,14D,15D,16D,17D,20D2,21D2,22D2,24D2,25D;21D2,22D2,24D2,25D;4D2,5D2,9D,10D,11D,12D,13D,14D,15D,16D,17D,18D,21D,22D2,24D2. The van der Waals surface area contributed by atoms with Crippen molar-refractivity contribution in [1.29, 1.82) is 0 Å². The molecule has 3 aliphatic rings. The largest absolute Gasteiger partial charge is 0.416 e. The molecule has 0 fully saturated rings. The Morgan fingerprint density at radius 3 is 1.26 bits per heavy atom. The molecule has 3 amide bonds. The highest BCUT2D eigenvalue weighted by molar-refractivity contribution is 7.98. The van der Waals surface area contributed by atoms with Crippen molar-refractivity contribution >= 4 is 53.0 Å². The molecule has 15 rings (SSSR count). The minimum Gasteiger partial charge on any atom is -0.336 e. The Labute approximate surface area is 916 Å². The normalized spacial score (nSPS) is 21.2. The zero-order valence-corrected chi connectivity index (χ0v) is 80.1. The quantitative estimate of drug-likeness (QED) is 0.0202. The SMILES string of the molecule is [2H]C([2H])(Sc1nc(=O)c2c(n1CC(=O)N(C([2H])(C)c1ccc(-c3ccc(C(F)(F)F)cc3)cc1)C([2H])([2H])C([2H])([2H])N(CC)CC)CCC2)c1ccc(F)cc1.[2H]c1c([2H])c(C([2H])([2H])Sc2nc(=O)c3c(n2CC(=O)N(CCN(C([2H])([2H])C)C([2H])([2H])C)C([2H])([2H])c2c([2H])c([2H])c(-c4c([2H])c([2H])c(C(F)(F)F)c(C)c4[2H])c([2H])c2[2H])CCC3)c([2H])c([2H])c1F.[2H]c1c([2H])c(C([2H])([2H])Sc2nc(=O)c3c(n2CC(=O)N(CCN(C([2H])([2H])C)C([2H])([2H])C)C([2H])([2H])c2c([2H])c([2H])c(-c4c([2H])c([2H])c(C(F)(F)F)c([2H])c4[2H])c([2H])c2[2H])C([2H])([2H])C([2H])(C)C3([2H])[2H])c([2H])c([2H])c1F. The summed E-state index contributed by atoms with van der Waals surface area (Å²) in [6.07, 6.45) is -20.3. The third-order valence-electron chi connectivity index (χ3n) is 21.6. The Kier molecular flexibility index (Phi) is 20.8. The van der Waals surface area contributed by atoms with Gasteiger partial charge < -0.3 is 43.1 Å². The number of thioether (sulfide) groups is 3. The summed E-state index contributed by atoms with van der Waals surface area (Å²) in [6, 6.07) is -18.3. The second kappa shape index (κ2) is 50.3. The van der Waals surface area contributed by atoms with Gasteiger partial charge in [0.25, 0.3) is 16.7 Å². The molecule has 0 N–H and O–H groups in total. The van der Waals surface area contributed by atoms with Crippen LogP contribution in [0.2, 0.25) is 0 Å². The van der Waals surface area contributed by atoms with Crippen LogP contribution in [0.1, 0.15) is 234 Å². The number of hydrogen-bond donors (Lipinski definition) is 0. The molecule has 144 heavy (non-hydrogen) atoms. The van der Waals surface area contributed by atoms with Gasteiger partial charge in [-0.3, -0.25) is 28.8 Å². The van der Waals surface area contributed by atoms with Crippen LogP contribution in [0.5, 0.6) is 0 Å². The average Bonchev–Trinajstić information content (AvgIpc) is 1.51. The Hall–Kier alpha value is -11.9. The maximum atomic E-state index is 15.1. The average molecular weight is 2090 g/mol.